The zero-order valence-corrected chi connectivity index (χ0v) is 16.3. The number of ketones is 1. The van der Waals surface area contributed by atoms with Gasteiger partial charge in [0.15, 0.2) is 11.9 Å². The highest BCUT2D eigenvalue weighted by Crippen LogP contribution is 2.57. The number of hydroxylamine groups is 2. The summed E-state index contributed by atoms with van der Waals surface area (Å²) in [4.78, 5) is 29.8. The lowest BCUT2D eigenvalue weighted by atomic mass is 10.1. The molecule has 2 rings (SSSR count). The van der Waals surface area contributed by atoms with Crippen LogP contribution in [-0.4, -0.2) is 48.9 Å². The molecule has 9 heteroatoms. The van der Waals surface area contributed by atoms with Crippen molar-refractivity contribution in [2.75, 3.05) is 25.6 Å². The molecule has 2 atom stereocenters. The van der Waals surface area contributed by atoms with Gasteiger partial charge in [-0.1, -0.05) is 12.1 Å². The molecule has 0 spiro atoms. The third-order valence-corrected chi connectivity index (χ3v) is 6.48. The summed E-state index contributed by atoms with van der Waals surface area (Å²) in [5.74, 6) is -1.26. The van der Waals surface area contributed by atoms with Gasteiger partial charge in [0.25, 0.3) is 5.91 Å². The van der Waals surface area contributed by atoms with Crippen molar-refractivity contribution < 1.29 is 28.0 Å². The molecule has 1 aromatic carbocycles. The van der Waals surface area contributed by atoms with E-state index < -0.39 is 25.4 Å². The van der Waals surface area contributed by atoms with Crippen molar-refractivity contribution in [3.8, 4) is 0 Å². The molecule has 0 aromatic heterocycles. The quantitative estimate of drug-likeness (QED) is 0.544. The summed E-state index contributed by atoms with van der Waals surface area (Å²) in [6.07, 6.45) is -0.707. The van der Waals surface area contributed by atoms with Crippen LogP contribution >= 0.6 is 7.60 Å². The summed E-state index contributed by atoms with van der Waals surface area (Å²) >= 11 is 0. The number of rotatable bonds is 8. The lowest BCUT2D eigenvalue weighted by molar-refractivity contribution is -0.155. The molecule has 1 heterocycles. The molecule has 0 radical (unpaired) electrons. The second-order valence-electron chi connectivity index (χ2n) is 5.82. The van der Waals surface area contributed by atoms with E-state index in [4.69, 9.17) is 13.9 Å². The molecule has 0 bridgehead atoms. The number of amides is 1. The van der Waals surface area contributed by atoms with Gasteiger partial charge >= 0.3 is 7.60 Å². The lowest BCUT2D eigenvalue weighted by Gasteiger charge is -2.25. The molecule has 1 aliphatic rings. The molecule has 1 fully saturated rings. The molecule has 0 aliphatic carbocycles. The highest BCUT2D eigenvalue weighted by Gasteiger charge is 2.48. The predicted octanol–water partition coefficient (Wildman–Crippen LogP) is 3.06. The van der Waals surface area contributed by atoms with Crippen molar-refractivity contribution in [2.24, 2.45) is 0 Å². The molecule has 1 N–H and O–H groups in total. The third kappa shape index (κ3) is 4.58. The molecule has 1 aromatic rings. The first-order chi connectivity index (χ1) is 12.3. The fourth-order valence-electron chi connectivity index (χ4n) is 2.82. The number of benzene rings is 1. The van der Waals surface area contributed by atoms with E-state index >= 15 is 0 Å². The number of anilines is 1. The Hall–Kier alpha value is -1.57. The highest BCUT2D eigenvalue weighted by molar-refractivity contribution is 7.54. The fraction of sp³-hybridized carbons (Fsp3) is 0.529. The Balaban J connectivity index is 2.13. The minimum Gasteiger partial charge on any atom is -0.323 e. The number of nitrogens with zero attached hydrogens (tertiary/aromatic N) is 1. The second kappa shape index (κ2) is 8.88. The lowest BCUT2D eigenvalue weighted by Crippen LogP contribution is -2.29. The molecule has 0 saturated carbocycles. The van der Waals surface area contributed by atoms with Crippen LogP contribution in [0.15, 0.2) is 24.3 Å². The summed E-state index contributed by atoms with van der Waals surface area (Å²) in [7, 11) is -1.85. The van der Waals surface area contributed by atoms with E-state index in [1.165, 1.54) is 12.0 Å². The van der Waals surface area contributed by atoms with E-state index in [0.717, 1.165) is 0 Å². The van der Waals surface area contributed by atoms with E-state index in [2.05, 4.69) is 5.32 Å². The number of carbonyl (C=O) groups excluding carboxylic acids is 2. The van der Waals surface area contributed by atoms with Gasteiger partial charge in [0.2, 0.25) is 0 Å². The smallest absolute Gasteiger partial charge is 0.323 e. The van der Waals surface area contributed by atoms with Crippen molar-refractivity contribution in [2.45, 2.75) is 39.1 Å². The second-order valence-corrected chi connectivity index (χ2v) is 8.02. The minimum atomic E-state index is -3.44. The third-order valence-electron chi connectivity index (χ3n) is 3.98. The van der Waals surface area contributed by atoms with Crippen molar-refractivity contribution in [1.29, 1.82) is 0 Å². The van der Waals surface area contributed by atoms with Gasteiger partial charge in [-0.2, -0.15) is 5.06 Å². The Morgan fingerprint density at radius 2 is 1.88 bits per heavy atom. The van der Waals surface area contributed by atoms with Crippen LogP contribution in [0.3, 0.4) is 0 Å². The van der Waals surface area contributed by atoms with Crippen LogP contribution < -0.4 is 5.32 Å². The van der Waals surface area contributed by atoms with E-state index in [9.17, 15) is 14.2 Å². The number of carbonyl (C=O) groups is 2. The molecule has 26 heavy (non-hydrogen) atoms. The van der Waals surface area contributed by atoms with Crippen molar-refractivity contribution in [3.63, 3.8) is 0 Å². The topological polar surface area (TPSA) is 94.2 Å². The van der Waals surface area contributed by atoms with Crippen LogP contribution in [0.5, 0.6) is 0 Å². The summed E-state index contributed by atoms with van der Waals surface area (Å²) in [5, 5.41) is 4.06. The maximum Gasteiger partial charge on any atom is 0.350 e. The predicted molar refractivity (Wildman–Crippen MR) is 97.0 cm³/mol. The minimum absolute atomic E-state index is 0.152. The highest BCUT2D eigenvalue weighted by atomic mass is 31.2. The SMILES string of the molecule is CCOP(=O)(OCC)[C@@H]1C[C@H](C(=O)Nc2ccccc2C(C)=O)ON1C. The maximum absolute atomic E-state index is 13.0. The van der Waals surface area contributed by atoms with Crippen LogP contribution in [0.25, 0.3) is 0 Å². The number of para-hydroxylation sites is 1. The van der Waals surface area contributed by atoms with Gasteiger partial charge < -0.3 is 14.4 Å². The number of hydrogen-bond acceptors (Lipinski definition) is 7. The average Bonchev–Trinajstić information content (AvgIpc) is 2.98. The van der Waals surface area contributed by atoms with E-state index in [1.54, 1.807) is 45.2 Å². The molecule has 0 unspecified atom stereocenters. The fourth-order valence-corrected chi connectivity index (χ4v) is 4.86. The van der Waals surface area contributed by atoms with Crippen molar-refractivity contribution >= 4 is 25.0 Å². The van der Waals surface area contributed by atoms with Crippen LogP contribution in [-0.2, 0) is 23.2 Å². The first-order valence-electron chi connectivity index (χ1n) is 8.51. The van der Waals surface area contributed by atoms with Gasteiger partial charge in [0.1, 0.15) is 5.78 Å². The van der Waals surface area contributed by atoms with Crippen LogP contribution in [0.1, 0.15) is 37.6 Å². The van der Waals surface area contributed by atoms with E-state index in [-0.39, 0.29) is 25.4 Å². The Labute approximate surface area is 153 Å². The van der Waals surface area contributed by atoms with Crippen molar-refractivity contribution in [3.05, 3.63) is 29.8 Å². The summed E-state index contributed by atoms with van der Waals surface area (Å²) < 4.78 is 23.7. The van der Waals surface area contributed by atoms with Gasteiger partial charge in [0, 0.05) is 19.0 Å². The normalized spacial score (nSPS) is 20.9. The Kier molecular flexibility index (Phi) is 7.08. The Morgan fingerprint density at radius 1 is 1.27 bits per heavy atom. The van der Waals surface area contributed by atoms with Crippen LogP contribution in [0.4, 0.5) is 5.69 Å². The molecule has 1 amide bonds. The molecular weight excluding hydrogens is 359 g/mol. The first-order valence-corrected chi connectivity index (χ1v) is 10.1. The number of nitrogens with one attached hydrogen (secondary N) is 1. The monoisotopic (exact) mass is 384 g/mol. The Bertz CT molecular complexity index is 700. The van der Waals surface area contributed by atoms with Gasteiger partial charge in [-0.3, -0.25) is 19.0 Å². The van der Waals surface area contributed by atoms with Crippen LogP contribution in [0.2, 0.25) is 0 Å². The van der Waals surface area contributed by atoms with Gasteiger partial charge in [-0.15, -0.1) is 0 Å². The molecule has 144 valence electrons. The zero-order valence-electron chi connectivity index (χ0n) is 15.4. The van der Waals surface area contributed by atoms with Gasteiger partial charge in [-0.25, -0.2) is 0 Å². The zero-order chi connectivity index (χ0) is 19.3. The van der Waals surface area contributed by atoms with Crippen molar-refractivity contribution in [1.82, 2.24) is 5.06 Å². The molecule has 1 saturated heterocycles. The molecule has 1 aliphatic heterocycles. The molecular formula is C17H25N2O6P. The number of Topliss-reactive ketones (excluding diaryl/α,β-unsaturated/α-hetero) is 1. The summed E-state index contributed by atoms with van der Waals surface area (Å²) in [6.45, 7) is 5.34. The van der Waals surface area contributed by atoms with Gasteiger partial charge in [0.05, 0.1) is 18.9 Å². The standard InChI is InChI=1S/C17H25N2O6P/c1-5-23-26(22,24-6-2)16-11-15(25-19(16)4)17(21)18-14-10-8-7-9-13(14)12(3)20/h7-10,15-16H,5-6,11H2,1-4H3,(H,18,21)/t15-,16-/m1/s1. The Morgan fingerprint density at radius 3 is 2.46 bits per heavy atom. The largest absolute Gasteiger partial charge is 0.350 e. The average molecular weight is 384 g/mol. The summed E-state index contributed by atoms with van der Waals surface area (Å²) in [5.41, 5.74) is 0.829. The van der Waals surface area contributed by atoms with Gasteiger partial charge in [-0.05, 0) is 32.9 Å². The van der Waals surface area contributed by atoms with Crippen LogP contribution in [0, 0.1) is 0 Å². The van der Waals surface area contributed by atoms with E-state index in [1.807, 2.05) is 0 Å². The molecule has 8 nitrogen and oxygen atoms in total. The maximum atomic E-state index is 13.0. The summed E-state index contributed by atoms with van der Waals surface area (Å²) in [6, 6.07) is 6.74. The van der Waals surface area contributed by atoms with E-state index in [0.29, 0.717) is 11.3 Å². The first kappa shape index (κ1) is 20.7. The number of hydrogen-bond donors (Lipinski definition) is 1.